The average Bonchev–Trinajstić information content (AvgIpc) is 4.06. The molecule has 0 fully saturated rings. The topological polar surface area (TPSA) is 16.4 Å². The standard InChI is InChI=1S/C67H41NO/c1-4-20-49-42(16-1)34-38-54-57-41-45(35-39-64(57)69-66(49)54)48-19-10-14-30-62(48)68(46-36-32-43(33-37-46)56-40-44-17-2-3-18-47(44)50-21-5-6-22-51(50)56)63-31-15-29-61-65(63)55-25-9-13-28-60(55)67(61)58-26-11-7-23-52(58)53-24-8-12-27-59(53)67/h1-41H. The quantitative estimate of drug-likeness (QED) is 0.160. The van der Waals surface area contributed by atoms with Crippen molar-refractivity contribution in [3.05, 3.63) is 271 Å². The van der Waals surface area contributed by atoms with Crippen LogP contribution in [0.15, 0.2) is 253 Å². The van der Waals surface area contributed by atoms with Gasteiger partial charge in [-0.1, -0.05) is 200 Å². The lowest BCUT2D eigenvalue weighted by Crippen LogP contribution is -2.26. The van der Waals surface area contributed by atoms with E-state index in [0.717, 1.165) is 55.5 Å². The molecule has 2 heteroatoms. The number of fused-ring (bicyclic) bond motifs is 18. The molecule has 1 heterocycles. The van der Waals surface area contributed by atoms with E-state index in [1.165, 1.54) is 82.6 Å². The predicted molar refractivity (Wildman–Crippen MR) is 288 cm³/mol. The smallest absolute Gasteiger partial charge is 0.143 e. The summed E-state index contributed by atoms with van der Waals surface area (Å²) in [5.41, 5.74) is 19.7. The Bertz CT molecular complexity index is 4220. The van der Waals surface area contributed by atoms with Crippen molar-refractivity contribution in [2.75, 3.05) is 4.90 Å². The van der Waals surface area contributed by atoms with Gasteiger partial charge < -0.3 is 9.32 Å². The van der Waals surface area contributed by atoms with Crippen molar-refractivity contribution in [1.29, 1.82) is 0 Å². The van der Waals surface area contributed by atoms with Gasteiger partial charge in [0.1, 0.15) is 11.2 Å². The molecule has 12 aromatic carbocycles. The van der Waals surface area contributed by atoms with Crippen molar-refractivity contribution in [3.63, 3.8) is 0 Å². The minimum absolute atomic E-state index is 0.473. The van der Waals surface area contributed by atoms with Gasteiger partial charge in [-0.05, 0) is 131 Å². The first-order valence-corrected chi connectivity index (χ1v) is 23.9. The summed E-state index contributed by atoms with van der Waals surface area (Å²) in [6.07, 6.45) is 0. The Labute approximate surface area is 399 Å². The highest BCUT2D eigenvalue weighted by Crippen LogP contribution is 2.65. The van der Waals surface area contributed by atoms with Gasteiger partial charge in [-0.25, -0.2) is 0 Å². The number of rotatable bonds is 5. The minimum Gasteiger partial charge on any atom is -0.455 e. The Morgan fingerprint density at radius 1 is 0.304 bits per heavy atom. The molecule has 1 aromatic heterocycles. The van der Waals surface area contributed by atoms with Crippen molar-refractivity contribution in [2.45, 2.75) is 5.41 Å². The summed E-state index contributed by atoms with van der Waals surface area (Å²) < 4.78 is 6.64. The van der Waals surface area contributed by atoms with Crippen molar-refractivity contribution in [3.8, 4) is 44.5 Å². The molecular weight excluding hydrogens is 835 g/mol. The Morgan fingerprint density at radius 3 is 1.64 bits per heavy atom. The summed E-state index contributed by atoms with van der Waals surface area (Å²) in [6, 6.07) is 92.0. The lowest BCUT2D eigenvalue weighted by atomic mass is 9.70. The molecule has 13 aromatic rings. The molecule has 0 amide bonds. The van der Waals surface area contributed by atoms with E-state index in [0.29, 0.717) is 0 Å². The van der Waals surface area contributed by atoms with Crippen LogP contribution in [0.2, 0.25) is 0 Å². The first-order chi connectivity index (χ1) is 34.2. The van der Waals surface area contributed by atoms with E-state index in [4.69, 9.17) is 4.42 Å². The van der Waals surface area contributed by atoms with Crippen LogP contribution in [-0.4, -0.2) is 0 Å². The highest BCUT2D eigenvalue weighted by molar-refractivity contribution is 6.16. The number of anilines is 3. The maximum atomic E-state index is 6.64. The van der Waals surface area contributed by atoms with Crippen LogP contribution in [0.4, 0.5) is 17.1 Å². The van der Waals surface area contributed by atoms with Gasteiger partial charge in [0.2, 0.25) is 0 Å². The summed E-state index contributed by atoms with van der Waals surface area (Å²) in [5.74, 6) is 0. The van der Waals surface area contributed by atoms with Gasteiger partial charge in [0.05, 0.1) is 16.8 Å². The van der Waals surface area contributed by atoms with Crippen LogP contribution in [-0.2, 0) is 5.41 Å². The molecule has 0 saturated carbocycles. The number of furan rings is 1. The van der Waals surface area contributed by atoms with Crippen LogP contribution in [0.25, 0.3) is 98.8 Å². The largest absolute Gasteiger partial charge is 0.455 e. The maximum Gasteiger partial charge on any atom is 0.143 e. The van der Waals surface area contributed by atoms with Crippen LogP contribution in [0.1, 0.15) is 22.3 Å². The fourth-order valence-electron chi connectivity index (χ4n) is 12.4. The summed E-state index contributed by atoms with van der Waals surface area (Å²) in [6.45, 7) is 0. The van der Waals surface area contributed by atoms with Gasteiger partial charge in [-0.2, -0.15) is 0 Å². The summed E-state index contributed by atoms with van der Waals surface area (Å²) >= 11 is 0. The normalized spacial score (nSPS) is 13.0. The molecule has 1 spiro atoms. The van der Waals surface area contributed by atoms with Crippen LogP contribution in [0, 0.1) is 0 Å². The molecule has 15 rings (SSSR count). The van der Waals surface area contributed by atoms with Gasteiger partial charge in [-0.15, -0.1) is 0 Å². The second kappa shape index (κ2) is 14.5. The second-order valence-electron chi connectivity index (χ2n) is 18.7. The van der Waals surface area contributed by atoms with Crippen LogP contribution in [0.3, 0.4) is 0 Å². The molecule has 2 aliphatic carbocycles. The third-order valence-corrected chi connectivity index (χ3v) is 15.3. The molecule has 0 aliphatic heterocycles. The molecular formula is C67H41NO. The molecule has 320 valence electrons. The second-order valence-corrected chi connectivity index (χ2v) is 18.7. The monoisotopic (exact) mass is 875 g/mol. The number of nitrogens with zero attached hydrogens (tertiary/aromatic N) is 1. The third kappa shape index (κ3) is 5.31. The molecule has 0 saturated heterocycles. The Kier molecular flexibility index (Phi) is 8.02. The maximum absolute atomic E-state index is 6.64. The summed E-state index contributed by atoms with van der Waals surface area (Å²) in [4.78, 5) is 2.52. The zero-order valence-electron chi connectivity index (χ0n) is 37.5. The Morgan fingerprint density at radius 2 is 0.870 bits per heavy atom. The van der Waals surface area contributed by atoms with Crippen LogP contribution < -0.4 is 4.90 Å². The zero-order valence-corrected chi connectivity index (χ0v) is 37.5. The Balaban J connectivity index is 0.980. The summed E-state index contributed by atoms with van der Waals surface area (Å²) in [7, 11) is 0. The van der Waals surface area contributed by atoms with E-state index in [1.807, 2.05) is 0 Å². The molecule has 2 aliphatic rings. The van der Waals surface area contributed by atoms with E-state index in [-0.39, 0.29) is 0 Å². The molecule has 0 N–H and O–H groups in total. The minimum atomic E-state index is -0.473. The number of benzene rings is 12. The van der Waals surface area contributed by atoms with Crippen molar-refractivity contribution < 1.29 is 4.42 Å². The SMILES string of the molecule is c1ccc(N(c2ccc(-c3cc4ccccc4c4ccccc34)cc2)c2cccc3c2-c2ccccc2C32c3ccccc3-c3ccccc32)c(-c2ccc3oc4c5ccccc5ccc4c3c2)c1. The number of para-hydroxylation sites is 1. The van der Waals surface area contributed by atoms with E-state index >= 15 is 0 Å². The van der Waals surface area contributed by atoms with Gasteiger partial charge in [-0.3, -0.25) is 0 Å². The Hall–Kier alpha value is -8.98. The fourth-order valence-corrected chi connectivity index (χ4v) is 12.4. The predicted octanol–water partition coefficient (Wildman–Crippen LogP) is 18.2. The van der Waals surface area contributed by atoms with Gasteiger partial charge in [0, 0.05) is 33.0 Å². The number of hydrogen-bond donors (Lipinski definition) is 0. The van der Waals surface area contributed by atoms with E-state index in [2.05, 4.69) is 254 Å². The van der Waals surface area contributed by atoms with E-state index in [9.17, 15) is 0 Å². The van der Waals surface area contributed by atoms with E-state index in [1.54, 1.807) is 0 Å². The van der Waals surface area contributed by atoms with Crippen molar-refractivity contribution in [1.82, 2.24) is 0 Å². The van der Waals surface area contributed by atoms with Crippen LogP contribution in [0.5, 0.6) is 0 Å². The first kappa shape index (κ1) is 38.2. The molecule has 0 radical (unpaired) electrons. The summed E-state index contributed by atoms with van der Waals surface area (Å²) in [5, 5.41) is 9.56. The average molecular weight is 876 g/mol. The number of hydrogen-bond acceptors (Lipinski definition) is 2. The lowest BCUT2D eigenvalue weighted by Gasteiger charge is -2.32. The van der Waals surface area contributed by atoms with Gasteiger partial charge in [0.25, 0.3) is 0 Å². The van der Waals surface area contributed by atoms with Crippen molar-refractivity contribution >= 4 is 71.3 Å². The highest BCUT2D eigenvalue weighted by atomic mass is 16.3. The third-order valence-electron chi connectivity index (χ3n) is 15.3. The van der Waals surface area contributed by atoms with E-state index < -0.39 is 5.41 Å². The molecule has 2 nitrogen and oxygen atoms in total. The molecule has 69 heavy (non-hydrogen) atoms. The fraction of sp³-hybridized carbons (Fsp3) is 0.0149. The highest BCUT2D eigenvalue weighted by Gasteiger charge is 2.52. The van der Waals surface area contributed by atoms with Crippen molar-refractivity contribution in [2.24, 2.45) is 0 Å². The van der Waals surface area contributed by atoms with Gasteiger partial charge >= 0.3 is 0 Å². The molecule has 0 atom stereocenters. The van der Waals surface area contributed by atoms with Gasteiger partial charge in [0.15, 0.2) is 0 Å². The zero-order chi connectivity index (χ0) is 45.2. The van der Waals surface area contributed by atoms with Crippen LogP contribution >= 0.6 is 0 Å². The lowest BCUT2D eigenvalue weighted by molar-refractivity contribution is 0.672. The molecule has 0 bridgehead atoms. The first-order valence-electron chi connectivity index (χ1n) is 23.9. The molecule has 0 unspecified atom stereocenters.